The summed E-state index contributed by atoms with van der Waals surface area (Å²) in [5, 5.41) is 6.23. The molecule has 0 saturated carbocycles. The zero-order valence-corrected chi connectivity index (χ0v) is 11.0. The fraction of sp³-hybridized carbons (Fsp3) is 0.0769. The lowest BCUT2D eigenvalue weighted by Crippen LogP contribution is -2.00. The van der Waals surface area contributed by atoms with Crippen LogP contribution in [0, 0.1) is 0 Å². The molecule has 0 heterocycles. The van der Waals surface area contributed by atoms with Crippen molar-refractivity contribution in [1.29, 1.82) is 0 Å². The summed E-state index contributed by atoms with van der Waals surface area (Å²) in [6.45, 7) is 4.23. The smallest absolute Gasteiger partial charge is 0.0501 e. The highest BCUT2D eigenvalue weighted by Crippen LogP contribution is 2.23. The minimum absolute atomic E-state index is 0.587. The van der Waals surface area contributed by atoms with Gasteiger partial charge in [0, 0.05) is 15.2 Å². The summed E-state index contributed by atoms with van der Waals surface area (Å²) in [5.74, 6) is 0. The number of benzene rings is 2. The molecule has 1 nitrogen and oxygen atoms in total. The van der Waals surface area contributed by atoms with Gasteiger partial charge in [-0.15, -0.1) is 0 Å². The van der Waals surface area contributed by atoms with Gasteiger partial charge in [-0.25, -0.2) is 0 Å². The van der Waals surface area contributed by atoms with Crippen LogP contribution in [0.1, 0.15) is 0 Å². The lowest BCUT2D eigenvalue weighted by atomic mass is 10.1. The molecule has 0 bridgehead atoms. The van der Waals surface area contributed by atoms with Crippen LogP contribution in [0.25, 0.3) is 10.8 Å². The van der Waals surface area contributed by atoms with E-state index in [4.69, 9.17) is 11.6 Å². The van der Waals surface area contributed by atoms with E-state index in [2.05, 4.69) is 52.1 Å². The Kier molecular flexibility index (Phi) is 3.52. The lowest BCUT2D eigenvalue weighted by Gasteiger charge is -2.06. The second kappa shape index (κ2) is 4.89. The molecule has 2 aromatic rings. The van der Waals surface area contributed by atoms with Crippen LogP contribution in [0.2, 0.25) is 0 Å². The molecule has 0 aliphatic carbocycles. The van der Waals surface area contributed by atoms with Gasteiger partial charge in [-0.2, -0.15) is 0 Å². The number of fused-ring (bicyclic) bond motifs is 1. The van der Waals surface area contributed by atoms with Gasteiger partial charge in [-0.3, -0.25) is 0 Å². The highest BCUT2D eigenvalue weighted by atomic mass is 79.9. The van der Waals surface area contributed by atoms with E-state index in [0.717, 1.165) is 10.2 Å². The van der Waals surface area contributed by atoms with Crippen molar-refractivity contribution in [3.8, 4) is 0 Å². The minimum Gasteiger partial charge on any atom is -0.380 e. The highest BCUT2D eigenvalue weighted by Gasteiger charge is 1.97. The summed E-state index contributed by atoms with van der Waals surface area (Å²) >= 11 is 9.16. The van der Waals surface area contributed by atoms with Crippen LogP contribution < -0.4 is 5.32 Å². The largest absolute Gasteiger partial charge is 0.380 e. The third-order valence-electron chi connectivity index (χ3n) is 2.29. The number of halogens is 2. The molecule has 0 unspecified atom stereocenters. The van der Waals surface area contributed by atoms with Crippen LogP contribution in [-0.2, 0) is 0 Å². The van der Waals surface area contributed by atoms with Crippen LogP contribution >= 0.6 is 27.5 Å². The molecule has 16 heavy (non-hydrogen) atoms. The van der Waals surface area contributed by atoms with Crippen molar-refractivity contribution in [2.45, 2.75) is 0 Å². The average Bonchev–Trinajstić information content (AvgIpc) is 2.26. The zero-order chi connectivity index (χ0) is 11.5. The van der Waals surface area contributed by atoms with E-state index in [0.29, 0.717) is 11.6 Å². The van der Waals surface area contributed by atoms with Crippen LogP contribution in [-0.4, -0.2) is 6.54 Å². The molecule has 2 aromatic carbocycles. The number of hydrogen-bond acceptors (Lipinski definition) is 1. The number of nitrogens with one attached hydrogen (secondary N) is 1. The maximum absolute atomic E-state index is 5.70. The second-order valence-corrected chi connectivity index (χ2v) is 5.03. The summed E-state index contributed by atoms with van der Waals surface area (Å²) in [5.41, 5.74) is 1.05. The second-order valence-electron chi connectivity index (χ2n) is 3.58. The summed E-state index contributed by atoms with van der Waals surface area (Å²) in [6, 6.07) is 12.4. The molecule has 2 rings (SSSR count). The molecule has 0 aromatic heterocycles. The number of hydrogen-bond donors (Lipinski definition) is 1. The van der Waals surface area contributed by atoms with Gasteiger partial charge < -0.3 is 5.32 Å². The van der Waals surface area contributed by atoms with E-state index in [-0.39, 0.29) is 0 Å². The van der Waals surface area contributed by atoms with Crippen LogP contribution in [0.5, 0.6) is 0 Å². The molecule has 1 N–H and O–H groups in total. The Morgan fingerprint density at radius 1 is 1.19 bits per heavy atom. The predicted octanol–water partition coefficient (Wildman–Crippen LogP) is 4.77. The van der Waals surface area contributed by atoms with Crippen molar-refractivity contribution in [2.24, 2.45) is 0 Å². The van der Waals surface area contributed by atoms with Crippen LogP contribution in [0.15, 0.2) is 52.5 Å². The standard InChI is InChI=1S/C13H11BrClN/c1-9(15)8-16-13-5-3-10-6-12(14)4-2-11(10)7-13/h2-7,16H,1,8H2. The molecule has 0 atom stereocenters. The lowest BCUT2D eigenvalue weighted by molar-refractivity contribution is 1.32. The summed E-state index contributed by atoms with van der Waals surface area (Å²) < 4.78 is 1.09. The van der Waals surface area contributed by atoms with Crippen molar-refractivity contribution in [1.82, 2.24) is 0 Å². The number of rotatable bonds is 3. The van der Waals surface area contributed by atoms with Crippen molar-refractivity contribution < 1.29 is 0 Å². The topological polar surface area (TPSA) is 12.0 Å². The van der Waals surface area contributed by atoms with Crippen molar-refractivity contribution in [3.05, 3.63) is 52.5 Å². The summed E-state index contributed by atoms with van der Waals surface area (Å²) in [4.78, 5) is 0. The van der Waals surface area contributed by atoms with E-state index in [1.54, 1.807) is 0 Å². The van der Waals surface area contributed by atoms with Gasteiger partial charge in [-0.05, 0) is 35.0 Å². The molecule has 0 aliphatic rings. The fourth-order valence-electron chi connectivity index (χ4n) is 1.52. The monoisotopic (exact) mass is 295 g/mol. The van der Waals surface area contributed by atoms with Gasteiger partial charge in [0.1, 0.15) is 0 Å². The first-order valence-electron chi connectivity index (χ1n) is 4.91. The Morgan fingerprint density at radius 2 is 1.88 bits per heavy atom. The fourth-order valence-corrected chi connectivity index (χ4v) is 1.97. The van der Waals surface area contributed by atoms with E-state index >= 15 is 0 Å². The van der Waals surface area contributed by atoms with E-state index in [1.807, 2.05) is 12.1 Å². The van der Waals surface area contributed by atoms with E-state index in [9.17, 15) is 0 Å². The molecule has 0 amide bonds. The Balaban J connectivity index is 2.30. The molecule has 0 spiro atoms. The number of anilines is 1. The van der Waals surface area contributed by atoms with Gasteiger partial charge in [0.15, 0.2) is 0 Å². The van der Waals surface area contributed by atoms with Gasteiger partial charge in [0.25, 0.3) is 0 Å². The predicted molar refractivity (Wildman–Crippen MR) is 75.1 cm³/mol. The molecule has 0 radical (unpaired) electrons. The van der Waals surface area contributed by atoms with Crippen LogP contribution in [0.3, 0.4) is 0 Å². The Hall–Kier alpha value is -0.990. The third-order valence-corrected chi connectivity index (χ3v) is 2.91. The minimum atomic E-state index is 0.587. The zero-order valence-electron chi connectivity index (χ0n) is 8.63. The molecule has 0 aliphatic heterocycles. The Bertz CT molecular complexity index is 536. The molecule has 0 saturated heterocycles. The van der Waals surface area contributed by atoms with Gasteiger partial charge in [-0.1, -0.05) is 46.2 Å². The Labute approximate surface area is 108 Å². The van der Waals surface area contributed by atoms with Crippen molar-refractivity contribution in [2.75, 3.05) is 11.9 Å². The molecular weight excluding hydrogens is 286 g/mol. The quantitative estimate of drug-likeness (QED) is 0.860. The first kappa shape index (κ1) is 11.5. The van der Waals surface area contributed by atoms with Crippen LogP contribution in [0.4, 0.5) is 5.69 Å². The maximum Gasteiger partial charge on any atom is 0.0501 e. The van der Waals surface area contributed by atoms with Crippen molar-refractivity contribution in [3.63, 3.8) is 0 Å². The van der Waals surface area contributed by atoms with E-state index < -0.39 is 0 Å². The van der Waals surface area contributed by atoms with Gasteiger partial charge in [0.05, 0.1) is 6.54 Å². The first-order chi connectivity index (χ1) is 7.65. The summed E-state index contributed by atoms with van der Waals surface area (Å²) in [6.07, 6.45) is 0. The molecule has 0 fully saturated rings. The summed E-state index contributed by atoms with van der Waals surface area (Å²) in [7, 11) is 0. The molecular formula is C13H11BrClN. The SMILES string of the molecule is C=C(Cl)CNc1ccc2cc(Br)ccc2c1. The van der Waals surface area contributed by atoms with Gasteiger partial charge in [0.2, 0.25) is 0 Å². The van der Waals surface area contributed by atoms with E-state index in [1.165, 1.54) is 10.8 Å². The maximum atomic E-state index is 5.70. The van der Waals surface area contributed by atoms with Crippen molar-refractivity contribution >= 4 is 44.0 Å². The highest BCUT2D eigenvalue weighted by molar-refractivity contribution is 9.10. The Morgan fingerprint density at radius 3 is 2.62 bits per heavy atom. The molecule has 3 heteroatoms. The first-order valence-corrected chi connectivity index (χ1v) is 6.09. The van der Waals surface area contributed by atoms with Gasteiger partial charge >= 0.3 is 0 Å². The average molecular weight is 297 g/mol. The molecule has 82 valence electrons. The normalized spacial score (nSPS) is 10.4. The third kappa shape index (κ3) is 2.77.